The Kier molecular flexibility index (Phi) is 15.7. The maximum atomic E-state index is 12.6. The van der Waals surface area contributed by atoms with Crippen LogP contribution in [-0.4, -0.2) is 110 Å². The summed E-state index contributed by atoms with van der Waals surface area (Å²) in [6.07, 6.45) is 6.15. The highest BCUT2D eigenvalue weighted by molar-refractivity contribution is 6.03. The molecule has 4 aromatic heterocycles. The van der Waals surface area contributed by atoms with E-state index in [1.807, 2.05) is 93.6 Å². The summed E-state index contributed by atoms with van der Waals surface area (Å²) in [6, 6.07) is 29.8. The van der Waals surface area contributed by atoms with E-state index in [0.29, 0.717) is 53.8 Å². The molecule has 0 unspecified atom stereocenters. The van der Waals surface area contributed by atoms with Crippen molar-refractivity contribution < 1.29 is 24.2 Å². The summed E-state index contributed by atoms with van der Waals surface area (Å²) in [5, 5.41) is 46.8. The number of aromatic nitrogens is 10. The molecule has 368 valence electrons. The molecule has 2 aliphatic heterocycles. The standard InChI is InChI=1S/C22H21N7O2.C14H11N3O.C13H20N4O4.CH4/c30-21-18-4-2-1-3-17(18)20(26-27-21)14-5-7-15(8-6-14)24-22(31)19-13-29(28-25-19)16-9-11-23-12-10-16;15-10-7-5-9(6-8-10)13-11-3-1-2-4-12(11)14(18)17-16-13;1-13(2,3)21-12(20)16-6-4-9(5-7-16)17-8-10(11(18)19)14-15-17;/h1-8,13,16,23H,9-12H2,(H,24,31)(H,27,30);1-8H,15H2,(H,17,18);8-9H,4-7H2,1-3H3,(H,18,19);1H4. The monoisotopic (exact) mass is 964 g/mol. The number of nitrogens with one attached hydrogen (secondary N) is 4. The number of carboxylic acids is 1. The molecule has 0 saturated carbocycles. The quantitative estimate of drug-likeness (QED) is 0.0905. The molecule has 6 heterocycles. The number of rotatable bonds is 7. The van der Waals surface area contributed by atoms with Gasteiger partial charge in [-0.05, 0) is 95.9 Å². The summed E-state index contributed by atoms with van der Waals surface area (Å²) >= 11 is 0. The molecule has 7 N–H and O–H groups in total. The first-order valence-electron chi connectivity index (χ1n) is 22.7. The zero-order chi connectivity index (χ0) is 49.4. The number of carboxylic acid groups (broad SMARTS) is 1. The minimum absolute atomic E-state index is 0. The van der Waals surface area contributed by atoms with Crippen molar-refractivity contribution in [3.63, 3.8) is 0 Å². The molecule has 2 saturated heterocycles. The largest absolute Gasteiger partial charge is 0.476 e. The smallest absolute Gasteiger partial charge is 0.410 e. The van der Waals surface area contributed by atoms with Gasteiger partial charge in [-0.2, -0.15) is 10.2 Å². The summed E-state index contributed by atoms with van der Waals surface area (Å²) in [4.78, 5) is 60.6. The number of likely N-dealkylation sites (tertiary alicyclic amines) is 1. The van der Waals surface area contributed by atoms with Crippen LogP contribution < -0.4 is 27.5 Å². The van der Waals surface area contributed by atoms with Crippen LogP contribution in [0.5, 0.6) is 0 Å². The van der Waals surface area contributed by atoms with Crippen molar-refractivity contribution in [1.29, 1.82) is 0 Å². The number of nitrogens with two attached hydrogens (primary N) is 1. The molecular formula is C50H56N14O7. The third-order valence-electron chi connectivity index (χ3n) is 11.6. The predicted octanol–water partition coefficient (Wildman–Crippen LogP) is 6.72. The van der Waals surface area contributed by atoms with Gasteiger partial charge in [-0.3, -0.25) is 14.4 Å². The molecule has 21 nitrogen and oxygen atoms in total. The number of benzene rings is 4. The minimum Gasteiger partial charge on any atom is -0.476 e. The van der Waals surface area contributed by atoms with E-state index in [2.05, 4.69) is 51.7 Å². The minimum atomic E-state index is -1.09. The second-order valence-electron chi connectivity index (χ2n) is 17.7. The molecule has 2 aliphatic rings. The van der Waals surface area contributed by atoms with Crippen molar-refractivity contribution in [2.24, 2.45) is 0 Å². The van der Waals surface area contributed by atoms with Crippen LogP contribution in [-0.2, 0) is 4.74 Å². The fourth-order valence-corrected chi connectivity index (χ4v) is 8.04. The number of fused-ring (bicyclic) bond motifs is 2. The van der Waals surface area contributed by atoms with E-state index in [4.69, 9.17) is 15.6 Å². The summed E-state index contributed by atoms with van der Waals surface area (Å²) in [7, 11) is 0. The molecule has 8 aromatic rings. The Morgan fingerprint density at radius 2 is 1.14 bits per heavy atom. The van der Waals surface area contributed by atoms with Crippen molar-refractivity contribution >= 4 is 50.9 Å². The molecule has 0 radical (unpaired) electrons. The van der Waals surface area contributed by atoms with Crippen molar-refractivity contribution in [1.82, 2.24) is 60.6 Å². The average Bonchev–Trinajstić information content (AvgIpc) is 4.08. The summed E-state index contributed by atoms with van der Waals surface area (Å²) in [5.74, 6) is -1.40. The molecule has 2 amide bonds. The van der Waals surface area contributed by atoms with E-state index in [0.717, 1.165) is 53.5 Å². The first kappa shape index (κ1) is 50.3. The number of carbonyl (C=O) groups excluding carboxylic acids is 2. The fraction of sp³-hybridized carbons (Fsp3) is 0.300. The SMILES string of the molecule is C.CC(C)(C)OC(=O)N1CCC(n2cc(C(=O)O)nn2)CC1.Nc1ccc(-c2n[nH]c(=O)c3ccccc23)cc1.O=C(Nc1ccc(-c2n[nH]c(=O)c3ccccc23)cc1)c1cn(C2CCNCC2)nn1. The molecule has 0 aliphatic carbocycles. The number of H-pyrrole nitrogens is 2. The van der Waals surface area contributed by atoms with E-state index >= 15 is 0 Å². The number of carbonyl (C=O) groups is 3. The number of amides is 2. The Morgan fingerprint density at radius 1 is 0.676 bits per heavy atom. The second kappa shape index (κ2) is 22.2. The first-order valence-corrected chi connectivity index (χ1v) is 22.7. The fourth-order valence-electron chi connectivity index (χ4n) is 8.04. The average molecular weight is 965 g/mol. The molecular weight excluding hydrogens is 909 g/mol. The van der Waals surface area contributed by atoms with Gasteiger partial charge in [0.05, 0.1) is 46.6 Å². The number of piperidine rings is 2. The van der Waals surface area contributed by atoms with Crippen LogP contribution in [0.2, 0.25) is 0 Å². The van der Waals surface area contributed by atoms with Crippen molar-refractivity contribution in [2.45, 2.75) is 71.6 Å². The lowest BCUT2D eigenvalue weighted by molar-refractivity contribution is 0.0184. The van der Waals surface area contributed by atoms with Gasteiger partial charge in [-0.25, -0.2) is 29.2 Å². The Bertz CT molecular complexity index is 3240. The van der Waals surface area contributed by atoms with Gasteiger partial charge in [0.2, 0.25) is 0 Å². The maximum Gasteiger partial charge on any atom is 0.410 e. The third-order valence-corrected chi connectivity index (χ3v) is 11.6. The van der Waals surface area contributed by atoms with E-state index < -0.39 is 11.6 Å². The Hall–Kier alpha value is -8.59. The lowest BCUT2D eigenvalue weighted by Gasteiger charge is -2.33. The highest BCUT2D eigenvalue weighted by Crippen LogP contribution is 2.27. The van der Waals surface area contributed by atoms with Gasteiger partial charge in [0.15, 0.2) is 11.4 Å². The zero-order valence-electron chi connectivity index (χ0n) is 38.7. The first-order chi connectivity index (χ1) is 33.7. The van der Waals surface area contributed by atoms with Gasteiger partial charge in [-0.15, -0.1) is 10.2 Å². The Morgan fingerprint density at radius 3 is 1.63 bits per heavy atom. The lowest BCUT2D eigenvalue weighted by atomic mass is 10.0. The van der Waals surface area contributed by atoms with Gasteiger partial charge in [0.1, 0.15) is 5.60 Å². The number of aromatic carboxylic acids is 1. The summed E-state index contributed by atoms with van der Waals surface area (Å²) < 4.78 is 8.68. The van der Waals surface area contributed by atoms with Gasteiger partial charge in [0, 0.05) is 46.4 Å². The lowest BCUT2D eigenvalue weighted by Crippen LogP contribution is -2.42. The zero-order valence-corrected chi connectivity index (χ0v) is 38.7. The van der Waals surface area contributed by atoms with E-state index in [-0.39, 0.29) is 54.0 Å². The highest BCUT2D eigenvalue weighted by atomic mass is 16.6. The number of aromatic amines is 2. The molecule has 2 fully saturated rings. The number of ether oxygens (including phenoxy) is 1. The molecule has 71 heavy (non-hydrogen) atoms. The number of anilines is 2. The number of hydrogen-bond donors (Lipinski definition) is 6. The summed E-state index contributed by atoms with van der Waals surface area (Å²) in [5.41, 5.74) is 9.52. The molecule has 4 aromatic carbocycles. The van der Waals surface area contributed by atoms with Crippen molar-refractivity contribution in [3.8, 4) is 22.5 Å². The van der Waals surface area contributed by atoms with E-state index in [9.17, 15) is 24.0 Å². The molecule has 0 bridgehead atoms. The van der Waals surface area contributed by atoms with Crippen LogP contribution in [0.3, 0.4) is 0 Å². The van der Waals surface area contributed by atoms with Crippen LogP contribution in [0.1, 0.15) is 86.9 Å². The van der Waals surface area contributed by atoms with Crippen molar-refractivity contribution in [3.05, 3.63) is 142 Å². The Labute approximate surface area is 407 Å². The van der Waals surface area contributed by atoms with Crippen LogP contribution in [0.15, 0.2) is 119 Å². The Balaban J connectivity index is 0.000000163. The number of nitrogen functional groups attached to an aromatic ring is 1. The molecule has 0 atom stereocenters. The van der Waals surface area contributed by atoms with E-state index in [1.165, 1.54) is 6.20 Å². The van der Waals surface area contributed by atoms with Crippen LogP contribution in [0, 0.1) is 0 Å². The van der Waals surface area contributed by atoms with Gasteiger partial charge < -0.3 is 31.1 Å². The molecule has 10 rings (SSSR count). The van der Waals surface area contributed by atoms with Crippen LogP contribution >= 0.6 is 0 Å². The van der Waals surface area contributed by atoms with Crippen LogP contribution in [0.4, 0.5) is 16.2 Å². The normalized spacial score (nSPS) is 14.0. The van der Waals surface area contributed by atoms with E-state index in [1.54, 1.807) is 44.7 Å². The number of hydrogen-bond acceptors (Lipinski definition) is 14. The highest BCUT2D eigenvalue weighted by Gasteiger charge is 2.28. The van der Waals surface area contributed by atoms with Gasteiger partial charge >= 0.3 is 12.1 Å². The predicted molar refractivity (Wildman–Crippen MR) is 269 cm³/mol. The van der Waals surface area contributed by atoms with Crippen molar-refractivity contribution in [2.75, 3.05) is 37.2 Å². The maximum absolute atomic E-state index is 12.6. The second-order valence-corrected chi connectivity index (χ2v) is 17.7. The third kappa shape index (κ3) is 12.4. The molecule has 21 heteroatoms. The van der Waals surface area contributed by atoms with Crippen LogP contribution in [0.25, 0.3) is 44.1 Å². The molecule has 0 spiro atoms. The topological polar surface area (TPSA) is 287 Å². The number of nitrogens with zero attached hydrogens (tertiary/aromatic N) is 9. The summed E-state index contributed by atoms with van der Waals surface area (Å²) in [6.45, 7) is 8.50. The van der Waals surface area contributed by atoms with Gasteiger partial charge in [0.25, 0.3) is 17.0 Å². The van der Waals surface area contributed by atoms with Gasteiger partial charge in [-0.1, -0.05) is 78.5 Å².